The van der Waals surface area contributed by atoms with E-state index in [1.54, 1.807) is 7.11 Å². The van der Waals surface area contributed by atoms with Crippen molar-refractivity contribution in [2.24, 2.45) is 5.92 Å². The van der Waals surface area contributed by atoms with Crippen LogP contribution in [0.15, 0.2) is 78.9 Å². The van der Waals surface area contributed by atoms with E-state index in [1.807, 2.05) is 78.9 Å². The normalized spacial score (nSPS) is 13.2. The number of methoxy groups -OCH3 is 1. The standard InChI is InChI=1S/C28H32O7S/c1-33-25-15-10-22(11-16-25)20-34-27(26(28(29)30)18-19-35-36(2,31)32)17-12-21-8-13-24(14-9-21)23-6-4-3-5-7-23/h3-11,13-16,26-27H,12,17-20H2,1-2H3,(H,29,30). The second-order valence-electron chi connectivity index (χ2n) is 8.56. The van der Waals surface area contributed by atoms with Gasteiger partial charge in [-0.25, -0.2) is 0 Å². The molecule has 36 heavy (non-hydrogen) atoms. The van der Waals surface area contributed by atoms with Gasteiger partial charge in [-0.05, 0) is 53.6 Å². The van der Waals surface area contributed by atoms with E-state index >= 15 is 0 Å². The largest absolute Gasteiger partial charge is 0.497 e. The third kappa shape index (κ3) is 8.78. The van der Waals surface area contributed by atoms with E-state index in [1.165, 1.54) is 0 Å². The summed E-state index contributed by atoms with van der Waals surface area (Å²) in [7, 11) is -2.07. The summed E-state index contributed by atoms with van der Waals surface area (Å²) < 4.78 is 38.8. The minimum atomic E-state index is -3.66. The SMILES string of the molecule is COc1ccc(COC(CCc2ccc(-c3ccccc3)cc2)C(CCOS(C)(=O)=O)C(=O)O)cc1. The Morgan fingerprint density at radius 1 is 0.861 bits per heavy atom. The van der Waals surface area contributed by atoms with E-state index in [0.29, 0.717) is 12.8 Å². The summed E-state index contributed by atoms with van der Waals surface area (Å²) in [6.07, 6.45) is 1.39. The van der Waals surface area contributed by atoms with Gasteiger partial charge in [-0.2, -0.15) is 8.42 Å². The van der Waals surface area contributed by atoms with Crippen molar-refractivity contribution >= 4 is 16.1 Å². The summed E-state index contributed by atoms with van der Waals surface area (Å²) in [4.78, 5) is 12.1. The van der Waals surface area contributed by atoms with Gasteiger partial charge in [0.05, 0.1) is 38.6 Å². The zero-order valence-electron chi connectivity index (χ0n) is 20.5. The van der Waals surface area contributed by atoms with Crippen LogP contribution < -0.4 is 4.74 Å². The maximum absolute atomic E-state index is 12.1. The van der Waals surface area contributed by atoms with Crippen molar-refractivity contribution in [3.05, 3.63) is 90.0 Å². The van der Waals surface area contributed by atoms with Crippen LogP contribution in [-0.4, -0.2) is 45.6 Å². The van der Waals surface area contributed by atoms with Crippen LogP contribution >= 0.6 is 0 Å². The van der Waals surface area contributed by atoms with Crippen LogP contribution in [-0.2, 0) is 36.9 Å². The van der Waals surface area contributed by atoms with E-state index in [4.69, 9.17) is 13.7 Å². The Kier molecular flexibility index (Phi) is 10.0. The van der Waals surface area contributed by atoms with Gasteiger partial charge in [-0.3, -0.25) is 8.98 Å². The first kappa shape index (κ1) is 27.4. The monoisotopic (exact) mass is 512 g/mol. The molecule has 0 aliphatic carbocycles. The highest BCUT2D eigenvalue weighted by Gasteiger charge is 2.29. The van der Waals surface area contributed by atoms with Crippen LogP contribution in [0.5, 0.6) is 5.75 Å². The Hall–Kier alpha value is -3.20. The molecule has 2 unspecified atom stereocenters. The average molecular weight is 513 g/mol. The molecule has 0 heterocycles. The molecule has 7 nitrogen and oxygen atoms in total. The van der Waals surface area contributed by atoms with Crippen LogP contribution in [0, 0.1) is 5.92 Å². The maximum Gasteiger partial charge on any atom is 0.309 e. The summed E-state index contributed by atoms with van der Waals surface area (Å²) in [5.74, 6) is -1.25. The molecule has 0 amide bonds. The van der Waals surface area contributed by atoms with E-state index in [2.05, 4.69) is 0 Å². The predicted octanol–water partition coefficient (Wildman–Crippen LogP) is 4.95. The number of aryl methyl sites for hydroxylation is 1. The van der Waals surface area contributed by atoms with Gasteiger partial charge >= 0.3 is 5.97 Å². The molecule has 0 saturated heterocycles. The number of aliphatic carboxylic acids is 1. The van der Waals surface area contributed by atoms with Gasteiger partial charge in [-0.1, -0.05) is 66.7 Å². The maximum atomic E-state index is 12.1. The molecule has 8 heteroatoms. The molecule has 192 valence electrons. The van der Waals surface area contributed by atoms with Crippen molar-refractivity contribution in [1.82, 2.24) is 0 Å². The van der Waals surface area contributed by atoms with E-state index in [-0.39, 0.29) is 19.6 Å². The van der Waals surface area contributed by atoms with Crippen molar-refractivity contribution in [3.63, 3.8) is 0 Å². The van der Waals surface area contributed by atoms with Crippen LogP contribution in [0.1, 0.15) is 24.0 Å². The Bertz CT molecular complexity index is 1190. The van der Waals surface area contributed by atoms with E-state index < -0.39 is 28.1 Å². The van der Waals surface area contributed by atoms with Crippen LogP contribution in [0.2, 0.25) is 0 Å². The van der Waals surface area contributed by atoms with E-state index in [9.17, 15) is 18.3 Å². The van der Waals surface area contributed by atoms with Crippen LogP contribution in [0.3, 0.4) is 0 Å². The lowest BCUT2D eigenvalue weighted by atomic mass is 9.93. The van der Waals surface area contributed by atoms with Crippen LogP contribution in [0.25, 0.3) is 11.1 Å². The number of hydrogen-bond acceptors (Lipinski definition) is 6. The molecule has 0 bridgehead atoms. The molecule has 0 saturated carbocycles. The number of hydrogen-bond donors (Lipinski definition) is 1. The molecule has 3 rings (SSSR count). The first-order chi connectivity index (χ1) is 17.2. The molecule has 1 N–H and O–H groups in total. The Balaban J connectivity index is 1.70. The van der Waals surface area contributed by atoms with Crippen molar-refractivity contribution < 1.29 is 32.0 Å². The zero-order chi connectivity index (χ0) is 26.0. The first-order valence-electron chi connectivity index (χ1n) is 11.7. The molecule has 2 atom stereocenters. The fraction of sp³-hybridized carbons (Fsp3) is 0.321. The van der Waals surface area contributed by atoms with E-state index in [0.717, 1.165) is 34.3 Å². The van der Waals surface area contributed by atoms with Gasteiger partial charge in [0.2, 0.25) is 0 Å². The number of carboxylic acid groups (broad SMARTS) is 1. The minimum Gasteiger partial charge on any atom is -0.497 e. The van der Waals surface area contributed by atoms with Gasteiger partial charge in [-0.15, -0.1) is 0 Å². The quantitative estimate of drug-likeness (QED) is 0.305. The predicted molar refractivity (Wildman–Crippen MR) is 138 cm³/mol. The molecule has 0 radical (unpaired) electrons. The highest BCUT2D eigenvalue weighted by atomic mass is 32.2. The molecule has 0 aromatic heterocycles. The topological polar surface area (TPSA) is 99.1 Å². The molecule has 0 aliphatic rings. The second kappa shape index (κ2) is 13.2. The Morgan fingerprint density at radius 3 is 2.06 bits per heavy atom. The van der Waals surface area contributed by atoms with Crippen LogP contribution in [0.4, 0.5) is 0 Å². The third-order valence-corrected chi connectivity index (χ3v) is 6.49. The van der Waals surface area contributed by atoms with Crippen molar-refractivity contribution in [2.45, 2.75) is 32.0 Å². The van der Waals surface area contributed by atoms with Gasteiger partial charge in [0.15, 0.2) is 0 Å². The summed E-state index contributed by atoms with van der Waals surface area (Å²) in [6.45, 7) is 0.00227. The molecule has 0 spiro atoms. The summed E-state index contributed by atoms with van der Waals surface area (Å²) in [6, 6.07) is 25.6. The van der Waals surface area contributed by atoms with Gasteiger partial charge in [0.1, 0.15) is 5.75 Å². The average Bonchev–Trinajstić information content (AvgIpc) is 2.87. The molecule has 0 fully saturated rings. The molecular weight excluding hydrogens is 480 g/mol. The molecule has 3 aromatic carbocycles. The Morgan fingerprint density at radius 2 is 1.47 bits per heavy atom. The summed E-state index contributed by atoms with van der Waals surface area (Å²) >= 11 is 0. The van der Waals surface area contributed by atoms with Gasteiger partial charge in [0, 0.05) is 0 Å². The first-order valence-corrected chi connectivity index (χ1v) is 13.5. The zero-order valence-corrected chi connectivity index (χ0v) is 21.3. The number of carbonyl (C=O) groups is 1. The second-order valence-corrected chi connectivity index (χ2v) is 10.2. The van der Waals surface area contributed by atoms with Crippen molar-refractivity contribution in [3.8, 4) is 16.9 Å². The third-order valence-electron chi connectivity index (χ3n) is 5.89. The number of ether oxygens (including phenoxy) is 2. The highest BCUT2D eigenvalue weighted by Crippen LogP contribution is 2.24. The molecule has 0 aliphatic heterocycles. The number of benzene rings is 3. The smallest absolute Gasteiger partial charge is 0.309 e. The molecular formula is C28H32O7S. The van der Waals surface area contributed by atoms with Crippen molar-refractivity contribution in [2.75, 3.05) is 20.0 Å². The summed E-state index contributed by atoms with van der Waals surface area (Å²) in [5.41, 5.74) is 4.17. The number of rotatable bonds is 14. The lowest BCUT2D eigenvalue weighted by Gasteiger charge is -2.25. The molecule has 3 aromatic rings. The fourth-order valence-electron chi connectivity index (χ4n) is 3.92. The van der Waals surface area contributed by atoms with Crippen molar-refractivity contribution in [1.29, 1.82) is 0 Å². The van der Waals surface area contributed by atoms with Gasteiger partial charge in [0.25, 0.3) is 10.1 Å². The lowest BCUT2D eigenvalue weighted by molar-refractivity contribution is -0.149. The fourth-order valence-corrected chi connectivity index (χ4v) is 4.32. The Labute approximate surface area is 212 Å². The van der Waals surface area contributed by atoms with Gasteiger partial charge < -0.3 is 14.6 Å². The highest BCUT2D eigenvalue weighted by molar-refractivity contribution is 7.85. The minimum absolute atomic E-state index is 0.0165. The summed E-state index contributed by atoms with van der Waals surface area (Å²) in [5, 5.41) is 9.90. The number of carboxylic acids is 1. The lowest BCUT2D eigenvalue weighted by Crippen LogP contribution is -2.32.